The average Bonchev–Trinajstić information content (AvgIpc) is 3.07. The summed E-state index contributed by atoms with van der Waals surface area (Å²) < 4.78 is 0. The van der Waals surface area contributed by atoms with E-state index < -0.39 is 12.1 Å². The normalized spacial score (nSPS) is 13.4. The molecule has 0 saturated carbocycles. The summed E-state index contributed by atoms with van der Waals surface area (Å²) in [7, 11) is 0. The molecule has 0 aliphatic heterocycles. The van der Waals surface area contributed by atoms with Crippen LogP contribution in [-0.2, 0) is 4.79 Å². The number of hydrogen-bond acceptors (Lipinski definition) is 3. The van der Waals surface area contributed by atoms with Crippen molar-refractivity contribution >= 4 is 5.91 Å². The zero-order chi connectivity index (χ0) is 34.3. The van der Waals surface area contributed by atoms with Gasteiger partial charge in [-0.05, 0) is 44.9 Å². The van der Waals surface area contributed by atoms with Crippen LogP contribution < -0.4 is 5.32 Å². The van der Waals surface area contributed by atoms with Crippen molar-refractivity contribution in [2.45, 2.75) is 225 Å². The lowest BCUT2D eigenvalue weighted by Crippen LogP contribution is -2.45. The van der Waals surface area contributed by atoms with E-state index >= 15 is 0 Å². The maximum atomic E-state index is 11.9. The van der Waals surface area contributed by atoms with E-state index in [0.717, 1.165) is 44.9 Å². The molecule has 276 valence electrons. The highest BCUT2D eigenvalue weighted by molar-refractivity contribution is 5.76. The van der Waals surface area contributed by atoms with Gasteiger partial charge >= 0.3 is 0 Å². The van der Waals surface area contributed by atoms with Crippen molar-refractivity contribution in [3.63, 3.8) is 0 Å². The van der Waals surface area contributed by atoms with Crippen molar-refractivity contribution in [1.29, 1.82) is 0 Å². The van der Waals surface area contributed by atoms with E-state index in [9.17, 15) is 15.0 Å². The number of aliphatic hydroxyl groups is 2. The molecular weight excluding hydrogens is 578 g/mol. The Morgan fingerprint density at radius 1 is 0.489 bits per heavy atom. The topological polar surface area (TPSA) is 69.6 Å². The largest absolute Gasteiger partial charge is 0.394 e. The molecule has 0 fully saturated rings. The van der Waals surface area contributed by atoms with Crippen molar-refractivity contribution in [1.82, 2.24) is 5.32 Å². The van der Waals surface area contributed by atoms with Gasteiger partial charge in [0.05, 0.1) is 18.8 Å². The van der Waals surface area contributed by atoms with E-state index in [-0.39, 0.29) is 12.5 Å². The van der Waals surface area contributed by atoms with Crippen LogP contribution in [0.3, 0.4) is 0 Å². The van der Waals surface area contributed by atoms with E-state index in [1.807, 2.05) is 6.08 Å². The van der Waals surface area contributed by atoms with Crippen LogP contribution in [0, 0.1) is 0 Å². The Labute approximate surface area is 293 Å². The summed E-state index contributed by atoms with van der Waals surface area (Å²) in [4.78, 5) is 11.9. The van der Waals surface area contributed by atoms with Crippen LogP contribution in [0.1, 0.15) is 213 Å². The van der Waals surface area contributed by atoms with Crippen molar-refractivity contribution in [3.8, 4) is 0 Å². The van der Waals surface area contributed by atoms with Gasteiger partial charge in [0.1, 0.15) is 0 Å². The molecule has 2 atom stereocenters. The molecule has 0 spiro atoms. The predicted molar refractivity (Wildman–Crippen MR) is 207 cm³/mol. The smallest absolute Gasteiger partial charge is 0.220 e. The van der Waals surface area contributed by atoms with Gasteiger partial charge in [0, 0.05) is 6.42 Å². The van der Waals surface area contributed by atoms with E-state index in [1.54, 1.807) is 6.08 Å². The number of rotatable bonds is 37. The highest BCUT2D eigenvalue weighted by Gasteiger charge is 2.17. The first kappa shape index (κ1) is 45.6. The van der Waals surface area contributed by atoms with Crippen LogP contribution >= 0.6 is 0 Å². The minimum absolute atomic E-state index is 0.104. The Morgan fingerprint density at radius 3 is 1.23 bits per heavy atom. The lowest BCUT2D eigenvalue weighted by molar-refractivity contribution is -0.123. The number of carbonyl (C=O) groups is 1. The summed E-state index contributed by atoms with van der Waals surface area (Å²) in [5.41, 5.74) is 0. The molecular formula is C43H81NO3. The second kappa shape index (κ2) is 39.1. The van der Waals surface area contributed by atoms with Gasteiger partial charge in [-0.3, -0.25) is 4.79 Å². The van der Waals surface area contributed by atoms with Gasteiger partial charge in [0.25, 0.3) is 0 Å². The molecule has 0 aliphatic carbocycles. The Balaban J connectivity index is 3.42. The molecule has 0 aromatic heterocycles. The quantitative estimate of drug-likeness (QED) is 0.0459. The number of nitrogens with one attached hydrogen (secondary N) is 1. The summed E-state index contributed by atoms with van der Waals surface area (Å²) in [6.45, 7) is 4.13. The minimum atomic E-state index is -0.863. The summed E-state index contributed by atoms with van der Waals surface area (Å²) >= 11 is 0. The van der Waals surface area contributed by atoms with Crippen molar-refractivity contribution in [2.24, 2.45) is 0 Å². The van der Waals surface area contributed by atoms with Crippen LogP contribution in [0.4, 0.5) is 0 Å². The molecule has 2 unspecified atom stereocenters. The molecule has 0 aliphatic rings. The van der Waals surface area contributed by atoms with Gasteiger partial charge in [-0.25, -0.2) is 0 Å². The third-order valence-corrected chi connectivity index (χ3v) is 9.35. The first-order valence-electron chi connectivity index (χ1n) is 20.7. The molecule has 0 saturated heterocycles. The van der Waals surface area contributed by atoms with E-state index in [1.165, 1.54) is 148 Å². The molecule has 3 N–H and O–H groups in total. The van der Waals surface area contributed by atoms with E-state index in [0.29, 0.717) is 6.42 Å². The highest BCUT2D eigenvalue weighted by atomic mass is 16.3. The average molecular weight is 660 g/mol. The van der Waals surface area contributed by atoms with Crippen LogP contribution in [0.2, 0.25) is 0 Å². The minimum Gasteiger partial charge on any atom is -0.394 e. The molecule has 0 aromatic carbocycles. The second-order valence-corrected chi connectivity index (χ2v) is 14.0. The van der Waals surface area contributed by atoms with Gasteiger partial charge < -0.3 is 15.5 Å². The molecule has 4 heteroatoms. The highest BCUT2D eigenvalue weighted by Crippen LogP contribution is 2.15. The zero-order valence-corrected chi connectivity index (χ0v) is 31.5. The molecule has 47 heavy (non-hydrogen) atoms. The second-order valence-electron chi connectivity index (χ2n) is 14.0. The van der Waals surface area contributed by atoms with E-state index in [4.69, 9.17) is 0 Å². The Bertz CT molecular complexity index is 716. The fraction of sp³-hybridized carbons (Fsp3) is 0.837. The molecule has 0 bridgehead atoms. The van der Waals surface area contributed by atoms with Crippen LogP contribution in [0.5, 0.6) is 0 Å². The van der Waals surface area contributed by atoms with Crippen molar-refractivity contribution in [2.75, 3.05) is 6.61 Å². The number of unbranched alkanes of at least 4 members (excludes halogenated alkanes) is 26. The standard InChI is InChI=1S/C43H81NO3/c1-3-5-7-8-9-10-11-12-13-14-15-16-17-18-19-20-21-22-23-24-25-26-27-28-29-30-31-32-33-34-35-37-38-42(46)41(40-45)44-43(47)39-36-6-4-2/h28-29,32-33,37-38,41-42,45-46H,3-27,30-31,34-36,39-40H2,1-2H3,(H,44,47)/b29-28+,33-32+,38-37+. The number of carbonyl (C=O) groups excluding carboxylic acids is 1. The van der Waals surface area contributed by atoms with E-state index in [2.05, 4.69) is 43.5 Å². The maximum absolute atomic E-state index is 11.9. The predicted octanol–water partition coefficient (Wildman–Crippen LogP) is 12.6. The Morgan fingerprint density at radius 2 is 0.830 bits per heavy atom. The van der Waals surface area contributed by atoms with Gasteiger partial charge in [0.15, 0.2) is 0 Å². The van der Waals surface area contributed by atoms with Gasteiger partial charge in [-0.15, -0.1) is 0 Å². The van der Waals surface area contributed by atoms with Crippen LogP contribution in [0.25, 0.3) is 0 Å². The summed E-state index contributed by atoms with van der Waals surface area (Å²) in [6.07, 6.45) is 52.0. The lowest BCUT2D eigenvalue weighted by atomic mass is 10.0. The summed E-state index contributed by atoms with van der Waals surface area (Å²) in [5.74, 6) is -0.104. The fourth-order valence-corrected chi connectivity index (χ4v) is 6.15. The first-order chi connectivity index (χ1) is 23.2. The third-order valence-electron chi connectivity index (χ3n) is 9.35. The first-order valence-corrected chi connectivity index (χ1v) is 20.7. The third kappa shape index (κ3) is 35.7. The number of aliphatic hydroxyl groups excluding tert-OH is 2. The number of amides is 1. The van der Waals surface area contributed by atoms with Gasteiger partial charge in [-0.1, -0.05) is 198 Å². The molecule has 0 aromatic rings. The summed E-state index contributed by atoms with van der Waals surface area (Å²) in [5, 5.41) is 22.5. The van der Waals surface area contributed by atoms with Crippen molar-refractivity contribution in [3.05, 3.63) is 36.5 Å². The maximum Gasteiger partial charge on any atom is 0.220 e. The number of allylic oxidation sites excluding steroid dienone is 5. The lowest BCUT2D eigenvalue weighted by Gasteiger charge is -2.19. The number of hydrogen-bond donors (Lipinski definition) is 3. The van der Waals surface area contributed by atoms with Crippen LogP contribution in [-0.4, -0.2) is 34.9 Å². The molecule has 0 radical (unpaired) electrons. The summed E-state index contributed by atoms with van der Waals surface area (Å²) in [6, 6.07) is -0.638. The Kier molecular flexibility index (Phi) is 37.9. The molecule has 0 rings (SSSR count). The van der Waals surface area contributed by atoms with Crippen molar-refractivity contribution < 1.29 is 15.0 Å². The SMILES string of the molecule is CCCCCCCCCCCCCCCCCCCCCCCC/C=C/CC/C=C/CC/C=C/C(O)C(CO)NC(=O)CCCCC. The van der Waals surface area contributed by atoms with Crippen LogP contribution in [0.15, 0.2) is 36.5 Å². The Hall–Kier alpha value is -1.39. The molecule has 4 nitrogen and oxygen atoms in total. The fourth-order valence-electron chi connectivity index (χ4n) is 6.15. The van der Waals surface area contributed by atoms with Gasteiger partial charge in [-0.2, -0.15) is 0 Å². The monoisotopic (exact) mass is 660 g/mol. The molecule has 1 amide bonds. The van der Waals surface area contributed by atoms with Gasteiger partial charge in [0.2, 0.25) is 5.91 Å². The zero-order valence-electron chi connectivity index (χ0n) is 31.5. The molecule has 0 heterocycles.